The molecule has 2 atom stereocenters. The van der Waals surface area contributed by atoms with Gasteiger partial charge in [-0.3, -0.25) is 9.69 Å². The normalized spacial score (nSPS) is 24.4. The van der Waals surface area contributed by atoms with Crippen molar-refractivity contribution in [1.29, 1.82) is 0 Å². The van der Waals surface area contributed by atoms with Crippen LogP contribution in [0.3, 0.4) is 0 Å². The minimum atomic E-state index is -3.27. The first kappa shape index (κ1) is 17.4. The predicted octanol–water partition coefficient (Wildman–Crippen LogP) is -1.73. The van der Waals surface area contributed by atoms with Gasteiger partial charge in [0, 0.05) is 32.1 Å². The Kier molecular flexibility index (Phi) is 6.38. The van der Waals surface area contributed by atoms with E-state index in [9.17, 15) is 18.3 Å². The zero-order valence-electron chi connectivity index (χ0n) is 12.2. The van der Waals surface area contributed by atoms with Crippen LogP contribution in [-0.2, 0) is 14.6 Å². The van der Waals surface area contributed by atoms with Crippen LogP contribution < -0.4 is 5.73 Å². The number of likely N-dealkylation sites (N-methyl/N-ethyl adjacent to an activating group) is 1. The summed E-state index contributed by atoms with van der Waals surface area (Å²) in [6.07, 6.45) is 0.138. The molecular formula is C12H25N3O4S. The van der Waals surface area contributed by atoms with Crippen LogP contribution in [0.25, 0.3) is 0 Å². The number of hydrogen-bond donors (Lipinski definition) is 2. The van der Waals surface area contributed by atoms with E-state index in [4.69, 9.17) is 5.73 Å². The summed E-state index contributed by atoms with van der Waals surface area (Å²) in [6, 6.07) is 0.173. The molecule has 1 rings (SSSR count). The van der Waals surface area contributed by atoms with Gasteiger partial charge in [0.25, 0.3) is 0 Å². The van der Waals surface area contributed by atoms with Crippen LogP contribution >= 0.6 is 0 Å². The first-order chi connectivity index (χ1) is 9.19. The van der Waals surface area contributed by atoms with Gasteiger partial charge in [-0.05, 0) is 20.5 Å². The molecule has 0 bridgehead atoms. The van der Waals surface area contributed by atoms with Crippen molar-refractivity contribution >= 4 is 15.7 Å². The second-order valence-electron chi connectivity index (χ2n) is 5.67. The SMILES string of the molecule is CN(C)CC1CC(O)CN1CCS(=O)(=O)CCC(N)=O. The molecule has 1 aliphatic heterocycles. The Morgan fingerprint density at radius 1 is 1.40 bits per heavy atom. The molecule has 0 aromatic heterocycles. The number of carbonyl (C=O) groups excluding carboxylic acids is 1. The number of carbonyl (C=O) groups is 1. The molecule has 0 radical (unpaired) electrons. The van der Waals surface area contributed by atoms with E-state index in [1.165, 1.54) is 0 Å². The standard InChI is InChI=1S/C12H25N3O4S/c1-14(2)8-10-7-11(16)9-15(10)4-6-20(18,19)5-3-12(13)17/h10-11,16H,3-9H2,1-2H3,(H2,13,17). The van der Waals surface area contributed by atoms with E-state index >= 15 is 0 Å². The Balaban J connectivity index is 2.48. The third kappa shape index (κ3) is 6.17. The van der Waals surface area contributed by atoms with E-state index in [-0.39, 0.29) is 24.0 Å². The lowest BCUT2D eigenvalue weighted by Gasteiger charge is -2.26. The van der Waals surface area contributed by atoms with Crippen molar-refractivity contribution in [3.8, 4) is 0 Å². The smallest absolute Gasteiger partial charge is 0.218 e. The molecule has 0 spiro atoms. The third-order valence-corrected chi connectivity index (χ3v) is 5.06. The zero-order chi connectivity index (χ0) is 15.3. The molecule has 1 saturated heterocycles. The Morgan fingerprint density at radius 3 is 2.60 bits per heavy atom. The fraction of sp³-hybridized carbons (Fsp3) is 0.917. The van der Waals surface area contributed by atoms with Crippen LogP contribution in [0, 0.1) is 0 Å². The fourth-order valence-electron chi connectivity index (χ4n) is 2.46. The van der Waals surface area contributed by atoms with E-state index < -0.39 is 21.8 Å². The van der Waals surface area contributed by atoms with Crippen LogP contribution in [0.15, 0.2) is 0 Å². The zero-order valence-corrected chi connectivity index (χ0v) is 13.0. The maximum atomic E-state index is 11.8. The number of primary amides is 1. The van der Waals surface area contributed by atoms with Crippen molar-refractivity contribution in [3.63, 3.8) is 0 Å². The quantitative estimate of drug-likeness (QED) is 0.552. The van der Waals surface area contributed by atoms with E-state index in [0.29, 0.717) is 19.5 Å². The predicted molar refractivity (Wildman–Crippen MR) is 77.0 cm³/mol. The van der Waals surface area contributed by atoms with Crippen molar-refractivity contribution in [1.82, 2.24) is 9.80 Å². The second kappa shape index (κ2) is 7.35. The highest BCUT2D eigenvalue weighted by atomic mass is 32.2. The topological polar surface area (TPSA) is 104 Å². The monoisotopic (exact) mass is 307 g/mol. The highest BCUT2D eigenvalue weighted by Gasteiger charge is 2.31. The first-order valence-corrected chi connectivity index (χ1v) is 8.57. The molecule has 1 aliphatic rings. The summed E-state index contributed by atoms with van der Waals surface area (Å²) in [6.45, 7) is 1.68. The van der Waals surface area contributed by atoms with Gasteiger partial charge in [0.1, 0.15) is 0 Å². The second-order valence-corrected chi connectivity index (χ2v) is 7.97. The maximum Gasteiger partial charge on any atom is 0.218 e. The van der Waals surface area contributed by atoms with Gasteiger partial charge in [0.15, 0.2) is 9.84 Å². The van der Waals surface area contributed by atoms with Gasteiger partial charge in [-0.15, -0.1) is 0 Å². The Morgan fingerprint density at radius 2 is 2.05 bits per heavy atom. The molecule has 2 unspecified atom stereocenters. The number of β-amino-alcohol motifs (C(OH)–C–C–N with tert-alkyl or cyclic N) is 1. The molecule has 0 aromatic carbocycles. The fourth-order valence-corrected chi connectivity index (χ4v) is 3.69. The van der Waals surface area contributed by atoms with Crippen LogP contribution in [0.2, 0.25) is 0 Å². The van der Waals surface area contributed by atoms with Crippen LogP contribution in [0.5, 0.6) is 0 Å². The van der Waals surface area contributed by atoms with Gasteiger partial charge in [-0.25, -0.2) is 8.42 Å². The van der Waals surface area contributed by atoms with Crippen molar-refractivity contribution in [2.24, 2.45) is 5.73 Å². The minimum absolute atomic E-state index is 0.00305. The Labute approximate surface area is 120 Å². The van der Waals surface area contributed by atoms with Gasteiger partial charge < -0.3 is 15.7 Å². The molecule has 1 fully saturated rings. The number of aliphatic hydroxyl groups excluding tert-OH is 1. The van der Waals surface area contributed by atoms with Gasteiger partial charge in [0.2, 0.25) is 5.91 Å². The number of rotatable bonds is 8. The lowest BCUT2D eigenvalue weighted by molar-refractivity contribution is -0.117. The summed E-state index contributed by atoms with van der Waals surface area (Å²) in [7, 11) is 0.631. The van der Waals surface area contributed by atoms with Gasteiger partial charge in [-0.2, -0.15) is 0 Å². The lowest BCUT2D eigenvalue weighted by atomic mass is 10.2. The summed E-state index contributed by atoms with van der Waals surface area (Å²) < 4.78 is 23.6. The molecule has 8 heteroatoms. The summed E-state index contributed by atoms with van der Waals surface area (Å²) >= 11 is 0. The van der Waals surface area contributed by atoms with Crippen molar-refractivity contribution in [2.75, 3.05) is 45.2 Å². The molecule has 118 valence electrons. The summed E-state index contributed by atoms with van der Waals surface area (Å²) in [5.74, 6) is -0.802. The van der Waals surface area contributed by atoms with Crippen molar-refractivity contribution in [3.05, 3.63) is 0 Å². The number of amides is 1. The number of hydrogen-bond acceptors (Lipinski definition) is 6. The first-order valence-electron chi connectivity index (χ1n) is 6.75. The molecule has 20 heavy (non-hydrogen) atoms. The van der Waals surface area contributed by atoms with Crippen LogP contribution in [0.4, 0.5) is 0 Å². The molecule has 1 heterocycles. The van der Waals surface area contributed by atoms with Crippen molar-refractivity contribution < 1.29 is 18.3 Å². The average Bonchev–Trinajstić information content (AvgIpc) is 2.64. The summed E-state index contributed by atoms with van der Waals surface area (Å²) in [4.78, 5) is 14.7. The van der Waals surface area contributed by atoms with E-state index in [2.05, 4.69) is 0 Å². The van der Waals surface area contributed by atoms with E-state index in [0.717, 1.165) is 6.54 Å². The van der Waals surface area contributed by atoms with Crippen LogP contribution in [0.1, 0.15) is 12.8 Å². The number of sulfone groups is 1. The Bertz CT molecular complexity index is 424. The summed E-state index contributed by atoms with van der Waals surface area (Å²) in [5, 5.41) is 9.72. The maximum absolute atomic E-state index is 11.8. The Hall–Kier alpha value is -0.700. The molecule has 1 amide bonds. The highest BCUT2D eigenvalue weighted by molar-refractivity contribution is 7.91. The molecular weight excluding hydrogens is 282 g/mol. The van der Waals surface area contributed by atoms with Gasteiger partial charge in [0.05, 0.1) is 17.6 Å². The number of nitrogens with zero attached hydrogens (tertiary/aromatic N) is 2. The van der Waals surface area contributed by atoms with E-state index in [1.54, 1.807) is 0 Å². The average molecular weight is 307 g/mol. The number of likely N-dealkylation sites (tertiary alicyclic amines) is 1. The molecule has 0 saturated carbocycles. The molecule has 0 aliphatic carbocycles. The molecule has 0 aromatic rings. The van der Waals surface area contributed by atoms with Crippen molar-refractivity contribution in [2.45, 2.75) is 25.0 Å². The van der Waals surface area contributed by atoms with Gasteiger partial charge >= 0.3 is 0 Å². The number of nitrogens with two attached hydrogens (primary N) is 1. The lowest BCUT2D eigenvalue weighted by Crippen LogP contribution is -2.40. The third-order valence-electron chi connectivity index (χ3n) is 3.43. The largest absolute Gasteiger partial charge is 0.392 e. The molecule has 3 N–H and O–H groups in total. The summed E-state index contributed by atoms with van der Waals surface area (Å²) in [5.41, 5.74) is 4.96. The minimum Gasteiger partial charge on any atom is -0.392 e. The number of aliphatic hydroxyl groups is 1. The van der Waals surface area contributed by atoms with E-state index in [1.807, 2.05) is 23.9 Å². The molecule has 7 nitrogen and oxygen atoms in total. The highest BCUT2D eigenvalue weighted by Crippen LogP contribution is 2.18. The van der Waals surface area contributed by atoms with Gasteiger partial charge in [-0.1, -0.05) is 0 Å². The van der Waals surface area contributed by atoms with Crippen LogP contribution in [-0.4, -0.2) is 86.6 Å².